The van der Waals surface area contributed by atoms with Gasteiger partial charge in [0.1, 0.15) is 6.54 Å². The third kappa shape index (κ3) is 4.53. The van der Waals surface area contributed by atoms with Crippen LogP contribution >= 0.6 is 0 Å². The van der Waals surface area contributed by atoms with Crippen molar-refractivity contribution < 1.29 is 27.0 Å². The molecule has 1 aromatic heterocycles. The number of pyridine rings is 1. The van der Waals surface area contributed by atoms with Crippen molar-refractivity contribution in [3.8, 4) is 0 Å². The third-order valence-electron chi connectivity index (χ3n) is 1.94. The minimum absolute atomic E-state index is 0. The first kappa shape index (κ1) is 15.8. The number of aryl methyl sites for hydroxylation is 1. The number of rotatable bonds is 4. The van der Waals surface area contributed by atoms with E-state index in [2.05, 4.69) is 36.4 Å². The molecule has 14 heavy (non-hydrogen) atoms. The number of nitrogens with zero attached hydrogens (tertiary/aromatic N) is 1. The van der Waals surface area contributed by atoms with Crippen molar-refractivity contribution in [1.82, 2.24) is 0 Å². The van der Waals surface area contributed by atoms with Crippen LogP contribution in [-0.4, -0.2) is 5.48 Å². The smallest absolute Gasteiger partial charge is 0.204 e. The van der Waals surface area contributed by atoms with Gasteiger partial charge in [0, 0.05) is 24.6 Å². The first-order valence-electron chi connectivity index (χ1n) is 4.49. The second kappa shape index (κ2) is 8.91. The summed E-state index contributed by atoms with van der Waals surface area (Å²) >= 11 is 0. The van der Waals surface area contributed by atoms with Crippen molar-refractivity contribution in [2.24, 2.45) is 0 Å². The molecule has 0 saturated carbocycles. The fraction of sp³-hybridized carbons (Fsp3) is 0.364. The van der Waals surface area contributed by atoms with E-state index in [1.807, 2.05) is 12.1 Å². The van der Waals surface area contributed by atoms with Gasteiger partial charge in [-0.05, 0) is 6.07 Å². The van der Waals surface area contributed by atoms with Crippen LogP contribution in [0, 0.1) is 0 Å². The van der Waals surface area contributed by atoms with Gasteiger partial charge in [0.05, 0.1) is 0 Å². The molecular weight excluding hydrogens is 242 g/mol. The zero-order chi connectivity index (χ0) is 8.81. The maximum absolute atomic E-state index is 3.78. The summed E-state index contributed by atoms with van der Waals surface area (Å²) in [5.74, 6) is 0. The van der Waals surface area contributed by atoms with Crippen molar-refractivity contribution in [2.75, 3.05) is 0 Å². The van der Waals surface area contributed by atoms with Crippen LogP contribution < -0.4 is 21.5 Å². The summed E-state index contributed by atoms with van der Waals surface area (Å²) in [7, 11) is 0. The first-order valence-corrected chi connectivity index (χ1v) is 4.49. The molecule has 0 aliphatic rings. The monoisotopic (exact) mass is 259 g/mol. The van der Waals surface area contributed by atoms with Crippen LogP contribution in [0.25, 0.3) is 6.08 Å². The Balaban J connectivity index is 0. The van der Waals surface area contributed by atoms with E-state index in [1.54, 1.807) is 0 Å². The molecule has 0 fully saturated rings. The second-order valence-corrected chi connectivity index (χ2v) is 2.88. The van der Waals surface area contributed by atoms with Gasteiger partial charge in [-0.25, -0.2) is 0 Å². The highest BCUT2D eigenvalue weighted by Crippen LogP contribution is 1.94. The molecule has 1 aromatic rings. The largest absolute Gasteiger partial charge is 1.00 e. The number of hydrogen-bond acceptors (Lipinski definition) is 0. The fourth-order valence-electron chi connectivity index (χ4n) is 1.21. The Labute approximate surface area is 96.4 Å². The number of unbranched alkanes of at least 4 members (excludes halogenated alkanes) is 1. The van der Waals surface area contributed by atoms with Gasteiger partial charge in [-0.2, -0.15) is 4.57 Å². The van der Waals surface area contributed by atoms with E-state index >= 15 is 0 Å². The Morgan fingerprint density at radius 3 is 2.71 bits per heavy atom. The van der Waals surface area contributed by atoms with Crippen molar-refractivity contribution in [2.45, 2.75) is 26.3 Å². The van der Waals surface area contributed by atoms with E-state index in [0.29, 0.717) is 0 Å². The van der Waals surface area contributed by atoms with Crippen LogP contribution in [0.1, 0.15) is 25.5 Å². The van der Waals surface area contributed by atoms with Crippen molar-refractivity contribution in [3.05, 3.63) is 36.7 Å². The standard InChI is InChI=1S/C11H16N.BrH.H2O/c1-3-5-9-12-10-7-6-8-11(12)4-2;;/h4,6-8,10H,2-3,5,9H2,1H3;1H;1H2/q+1;;/p-1. The molecule has 80 valence electrons. The molecule has 0 amide bonds. The lowest BCUT2D eigenvalue weighted by atomic mass is 10.3. The Morgan fingerprint density at radius 2 is 2.14 bits per heavy atom. The molecule has 0 saturated heterocycles. The third-order valence-corrected chi connectivity index (χ3v) is 1.94. The van der Waals surface area contributed by atoms with Crippen LogP contribution in [-0.2, 0) is 6.54 Å². The molecule has 3 heteroatoms. The molecule has 1 heterocycles. The van der Waals surface area contributed by atoms with Crippen LogP contribution in [0.2, 0.25) is 0 Å². The quantitative estimate of drug-likeness (QED) is 0.597. The van der Waals surface area contributed by atoms with Crippen molar-refractivity contribution in [1.29, 1.82) is 0 Å². The number of hydrogen-bond donors (Lipinski definition) is 0. The SMILES string of the molecule is C=Cc1cccc[n+]1CCCC.O.[Br-]. The maximum Gasteiger partial charge on any atom is 0.204 e. The summed E-state index contributed by atoms with van der Waals surface area (Å²) in [6, 6.07) is 6.19. The predicted molar refractivity (Wildman–Crippen MR) is 55.2 cm³/mol. The average molecular weight is 260 g/mol. The van der Waals surface area contributed by atoms with Crippen LogP contribution in [0.3, 0.4) is 0 Å². The van der Waals surface area contributed by atoms with Crippen molar-refractivity contribution >= 4 is 6.08 Å². The minimum atomic E-state index is 0. The molecule has 0 atom stereocenters. The Kier molecular flexibility index (Phi) is 10.0. The summed E-state index contributed by atoms with van der Waals surface area (Å²) in [6.07, 6.45) is 6.47. The number of halogens is 1. The molecule has 0 bridgehead atoms. The zero-order valence-corrected chi connectivity index (χ0v) is 10.1. The summed E-state index contributed by atoms with van der Waals surface area (Å²) in [5, 5.41) is 0. The highest BCUT2D eigenvalue weighted by atomic mass is 79.9. The molecule has 1 rings (SSSR count). The van der Waals surface area contributed by atoms with Gasteiger partial charge in [-0.15, -0.1) is 0 Å². The lowest BCUT2D eigenvalue weighted by Gasteiger charge is -1.97. The Morgan fingerprint density at radius 1 is 1.43 bits per heavy atom. The molecule has 0 spiro atoms. The minimum Gasteiger partial charge on any atom is -1.00 e. The summed E-state index contributed by atoms with van der Waals surface area (Å²) in [6.45, 7) is 7.08. The fourth-order valence-corrected chi connectivity index (χ4v) is 1.21. The van der Waals surface area contributed by atoms with Crippen LogP contribution in [0.5, 0.6) is 0 Å². The average Bonchev–Trinajstić information content (AvgIpc) is 2.15. The molecule has 0 aromatic carbocycles. The second-order valence-electron chi connectivity index (χ2n) is 2.88. The lowest BCUT2D eigenvalue weighted by molar-refractivity contribution is -0.699. The first-order chi connectivity index (χ1) is 5.88. The van der Waals surface area contributed by atoms with Crippen molar-refractivity contribution in [3.63, 3.8) is 0 Å². The zero-order valence-electron chi connectivity index (χ0n) is 8.54. The molecule has 2 nitrogen and oxygen atoms in total. The highest BCUT2D eigenvalue weighted by molar-refractivity contribution is 5.36. The van der Waals surface area contributed by atoms with Gasteiger partial charge in [0.15, 0.2) is 6.20 Å². The van der Waals surface area contributed by atoms with E-state index in [9.17, 15) is 0 Å². The van der Waals surface area contributed by atoms with E-state index in [4.69, 9.17) is 0 Å². The normalized spacial score (nSPS) is 8.36. The van der Waals surface area contributed by atoms with E-state index in [0.717, 1.165) is 6.54 Å². The highest BCUT2D eigenvalue weighted by Gasteiger charge is 2.03. The van der Waals surface area contributed by atoms with Gasteiger partial charge in [0.2, 0.25) is 5.69 Å². The molecule has 2 N–H and O–H groups in total. The summed E-state index contributed by atoms with van der Waals surface area (Å²) < 4.78 is 2.23. The number of aromatic nitrogens is 1. The van der Waals surface area contributed by atoms with Gasteiger partial charge in [-0.1, -0.05) is 19.9 Å². The summed E-state index contributed by atoms with van der Waals surface area (Å²) in [4.78, 5) is 0. The molecule has 0 radical (unpaired) electrons. The summed E-state index contributed by atoms with van der Waals surface area (Å²) in [5.41, 5.74) is 1.20. The van der Waals surface area contributed by atoms with Crippen LogP contribution in [0.15, 0.2) is 31.0 Å². The lowest BCUT2D eigenvalue weighted by Crippen LogP contribution is -3.00. The van der Waals surface area contributed by atoms with Gasteiger partial charge >= 0.3 is 0 Å². The van der Waals surface area contributed by atoms with Gasteiger partial charge < -0.3 is 22.5 Å². The van der Waals surface area contributed by atoms with Crippen LogP contribution in [0.4, 0.5) is 0 Å². The molecule has 0 aliphatic carbocycles. The Bertz CT molecular complexity index is 263. The van der Waals surface area contributed by atoms with E-state index < -0.39 is 0 Å². The van der Waals surface area contributed by atoms with Gasteiger partial charge in [0.25, 0.3) is 0 Å². The maximum atomic E-state index is 3.78. The molecule has 0 aliphatic heterocycles. The Hall–Kier alpha value is -0.670. The van der Waals surface area contributed by atoms with E-state index in [-0.39, 0.29) is 22.5 Å². The predicted octanol–water partition coefficient (Wildman–Crippen LogP) is -1.40. The molecular formula is C11H18BrNO. The van der Waals surface area contributed by atoms with E-state index in [1.165, 1.54) is 18.5 Å². The van der Waals surface area contributed by atoms with Gasteiger partial charge in [-0.3, -0.25) is 0 Å². The molecule has 0 unspecified atom stereocenters. The topological polar surface area (TPSA) is 35.4 Å².